The van der Waals surface area contributed by atoms with E-state index >= 15 is 0 Å². The molecule has 1 aromatic rings. The first kappa shape index (κ1) is 24.4. The van der Waals surface area contributed by atoms with Crippen LogP contribution in [0, 0.1) is 5.92 Å². The number of carboxylic acid groups (broad SMARTS) is 1. The van der Waals surface area contributed by atoms with Gasteiger partial charge < -0.3 is 20.4 Å². The van der Waals surface area contributed by atoms with E-state index in [-0.39, 0.29) is 43.2 Å². The van der Waals surface area contributed by atoms with Crippen LogP contribution in [0.25, 0.3) is 0 Å². The molecule has 3 atom stereocenters. The molecular weight excluding hydrogens is 360 g/mol. The van der Waals surface area contributed by atoms with Gasteiger partial charge in [0.25, 0.3) is 0 Å². The summed E-state index contributed by atoms with van der Waals surface area (Å²) in [6.07, 6.45) is 4.78. The van der Waals surface area contributed by atoms with Crippen LogP contribution in [0.2, 0.25) is 0 Å². The van der Waals surface area contributed by atoms with Gasteiger partial charge in [-0.3, -0.25) is 4.57 Å². The molecular formula is C19H30LiNO5P. The summed E-state index contributed by atoms with van der Waals surface area (Å²) in [7, 11) is -3.34. The van der Waals surface area contributed by atoms with Gasteiger partial charge in [0.2, 0.25) is 7.37 Å². The Hall–Kier alpha value is -0.603. The Bertz CT molecular complexity index is 651. The molecule has 27 heavy (non-hydrogen) atoms. The van der Waals surface area contributed by atoms with Gasteiger partial charge in [0.1, 0.15) is 0 Å². The number of hydrogen-bond acceptors (Lipinski definition) is 4. The molecule has 2 rings (SSSR count). The van der Waals surface area contributed by atoms with Crippen molar-refractivity contribution >= 4 is 32.2 Å². The number of rotatable bonds is 9. The third-order valence-corrected chi connectivity index (χ3v) is 7.14. The van der Waals surface area contributed by atoms with Crippen LogP contribution < -0.4 is 5.32 Å². The zero-order valence-corrected chi connectivity index (χ0v) is 17.2. The van der Waals surface area contributed by atoms with Crippen LogP contribution >= 0.6 is 7.37 Å². The molecule has 0 aromatic heterocycles. The molecule has 1 aliphatic carbocycles. The van der Waals surface area contributed by atoms with Gasteiger partial charge in [-0.2, -0.15) is 0 Å². The Balaban J connectivity index is 0.00000364. The van der Waals surface area contributed by atoms with Crippen molar-refractivity contribution < 1.29 is 24.5 Å². The molecule has 0 bridgehead atoms. The van der Waals surface area contributed by atoms with Gasteiger partial charge in [0.05, 0.1) is 17.8 Å². The largest absolute Gasteiger partial charge is 0.478 e. The number of aliphatic hydroxyl groups is 1. The van der Waals surface area contributed by atoms with E-state index in [0.717, 1.165) is 31.2 Å². The molecule has 147 valence electrons. The second-order valence-corrected chi connectivity index (χ2v) is 9.85. The van der Waals surface area contributed by atoms with Crippen LogP contribution in [-0.2, 0) is 4.57 Å². The third kappa shape index (κ3) is 8.52. The van der Waals surface area contributed by atoms with Crippen molar-refractivity contribution in [2.24, 2.45) is 5.92 Å². The normalized spacial score (nSPS) is 19.5. The van der Waals surface area contributed by atoms with Crippen molar-refractivity contribution in [3.05, 3.63) is 35.4 Å². The second kappa shape index (κ2) is 11.4. The van der Waals surface area contributed by atoms with E-state index in [1.54, 1.807) is 12.1 Å². The predicted octanol–water partition coefficient (Wildman–Crippen LogP) is 2.87. The number of carboxylic acids is 1. The molecule has 0 spiro atoms. The Labute approximate surface area is 173 Å². The first-order chi connectivity index (χ1) is 12.3. The van der Waals surface area contributed by atoms with E-state index in [4.69, 9.17) is 5.11 Å². The van der Waals surface area contributed by atoms with Gasteiger partial charge >= 0.3 is 5.97 Å². The first-order valence-electron chi connectivity index (χ1n) is 9.32. The molecule has 1 fully saturated rings. The van der Waals surface area contributed by atoms with Crippen LogP contribution in [0.1, 0.15) is 61.0 Å². The van der Waals surface area contributed by atoms with Gasteiger partial charge in [-0.15, -0.1) is 0 Å². The van der Waals surface area contributed by atoms with Gasteiger partial charge in [0, 0.05) is 37.6 Å². The molecule has 1 aromatic carbocycles. The summed E-state index contributed by atoms with van der Waals surface area (Å²) in [6.45, 7) is 2.06. The molecule has 1 unspecified atom stereocenters. The van der Waals surface area contributed by atoms with E-state index < -0.39 is 19.4 Å². The van der Waals surface area contributed by atoms with E-state index in [0.29, 0.717) is 12.1 Å². The Morgan fingerprint density at radius 2 is 1.96 bits per heavy atom. The number of nitrogens with one attached hydrogen (secondary N) is 1. The van der Waals surface area contributed by atoms with Crippen molar-refractivity contribution in [1.82, 2.24) is 5.32 Å². The molecule has 0 amide bonds. The summed E-state index contributed by atoms with van der Waals surface area (Å²) in [5.74, 6) is -0.680. The molecule has 0 saturated heterocycles. The summed E-state index contributed by atoms with van der Waals surface area (Å²) in [4.78, 5) is 21.3. The van der Waals surface area contributed by atoms with Crippen molar-refractivity contribution in [1.29, 1.82) is 0 Å². The fraction of sp³-hybridized carbons (Fsp3) is 0.632. The fourth-order valence-corrected chi connectivity index (χ4v) is 5.72. The van der Waals surface area contributed by atoms with Gasteiger partial charge in [-0.05, 0) is 43.4 Å². The van der Waals surface area contributed by atoms with Crippen molar-refractivity contribution in [2.45, 2.75) is 51.2 Å². The van der Waals surface area contributed by atoms with E-state index in [2.05, 4.69) is 5.32 Å². The standard InChI is InChI=1S/C19H30NO5P.Li/c1-14(16-8-5-9-17(10-16)19(22)23)20-11-18(21)13-26(24,25)12-15-6-3-2-4-7-15;/h5,8-10,14-15,18,20-21H,2-4,6-7,11-13H2,1H3,(H,22,23)(H,24,25);/t14-,18-;/m0./s1. The molecule has 0 aliphatic heterocycles. The van der Waals surface area contributed by atoms with E-state index in [1.807, 2.05) is 13.0 Å². The maximum atomic E-state index is 12.4. The number of benzene rings is 1. The summed E-state index contributed by atoms with van der Waals surface area (Å²) in [5.41, 5.74) is 1.01. The Morgan fingerprint density at radius 1 is 1.30 bits per heavy atom. The number of aromatic carboxylic acids is 1. The topological polar surface area (TPSA) is 107 Å². The Kier molecular flexibility index (Phi) is 10.3. The maximum absolute atomic E-state index is 12.4. The predicted molar refractivity (Wildman–Crippen MR) is 108 cm³/mol. The number of carbonyl (C=O) groups is 1. The number of hydrogen-bond donors (Lipinski definition) is 4. The van der Waals surface area contributed by atoms with Crippen LogP contribution in [0.4, 0.5) is 0 Å². The molecule has 8 heteroatoms. The summed E-state index contributed by atoms with van der Waals surface area (Å²) >= 11 is 0. The second-order valence-electron chi connectivity index (χ2n) is 7.43. The smallest absolute Gasteiger partial charge is 0.335 e. The van der Waals surface area contributed by atoms with Crippen molar-refractivity contribution in [2.75, 3.05) is 18.9 Å². The monoisotopic (exact) mass is 390 g/mol. The quantitative estimate of drug-likeness (QED) is 0.382. The molecule has 0 heterocycles. The summed E-state index contributed by atoms with van der Waals surface area (Å²) in [5, 5.41) is 22.3. The molecule has 4 N–H and O–H groups in total. The van der Waals surface area contributed by atoms with E-state index in [1.165, 1.54) is 12.5 Å². The average molecular weight is 390 g/mol. The molecule has 1 saturated carbocycles. The van der Waals surface area contributed by atoms with E-state index in [9.17, 15) is 19.4 Å². The maximum Gasteiger partial charge on any atom is 0.335 e. The third-order valence-electron chi connectivity index (χ3n) is 5.06. The minimum Gasteiger partial charge on any atom is -0.478 e. The van der Waals surface area contributed by atoms with Crippen LogP contribution in [-0.4, -0.2) is 64.9 Å². The van der Waals surface area contributed by atoms with Crippen molar-refractivity contribution in [3.8, 4) is 0 Å². The number of aliphatic hydroxyl groups excluding tert-OH is 1. The van der Waals surface area contributed by atoms with Crippen molar-refractivity contribution in [3.63, 3.8) is 0 Å². The minimum atomic E-state index is -3.34. The van der Waals surface area contributed by atoms with Crippen LogP contribution in [0.5, 0.6) is 0 Å². The SMILES string of the molecule is C[C@H](NC[C@H](O)CP(=O)(O)CC1CCCCC1)c1cccc(C(=O)O)c1.[Li]. The van der Waals surface area contributed by atoms with Gasteiger partial charge in [0.15, 0.2) is 0 Å². The Morgan fingerprint density at radius 3 is 2.59 bits per heavy atom. The molecule has 6 nitrogen and oxygen atoms in total. The zero-order valence-electron chi connectivity index (χ0n) is 16.3. The van der Waals surface area contributed by atoms with Crippen LogP contribution in [0.15, 0.2) is 24.3 Å². The molecule has 1 radical (unpaired) electrons. The van der Waals surface area contributed by atoms with Crippen LogP contribution in [0.3, 0.4) is 0 Å². The average Bonchev–Trinajstić information content (AvgIpc) is 2.59. The minimum absolute atomic E-state index is 0. The molecule has 1 aliphatic rings. The first-order valence-corrected chi connectivity index (χ1v) is 11.4. The fourth-order valence-electron chi connectivity index (χ4n) is 3.61. The summed E-state index contributed by atoms with van der Waals surface area (Å²) < 4.78 is 12.4. The summed E-state index contributed by atoms with van der Waals surface area (Å²) in [6, 6.07) is 6.45. The van der Waals surface area contributed by atoms with Gasteiger partial charge in [-0.1, -0.05) is 31.4 Å². The van der Waals surface area contributed by atoms with Gasteiger partial charge in [-0.25, -0.2) is 4.79 Å². The zero-order chi connectivity index (χ0) is 19.2.